The molecule has 1 spiro atoms. The molecule has 0 aliphatic carbocycles. The molecule has 0 aromatic rings. The molecule has 0 bridgehead atoms. The van der Waals surface area contributed by atoms with E-state index in [1.54, 1.807) is 12.0 Å². The predicted molar refractivity (Wildman–Crippen MR) is 92.9 cm³/mol. The van der Waals surface area contributed by atoms with Crippen LogP contribution in [-0.4, -0.2) is 104 Å². The van der Waals surface area contributed by atoms with E-state index in [0.717, 1.165) is 13.1 Å². The quantitative estimate of drug-likeness (QED) is 0.639. The number of carbonyl (C=O) groups excluding carboxylic acids is 2. The Bertz CT molecular complexity index is 461. The summed E-state index contributed by atoms with van der Waals surface area (Å²) in [6.07, 6.45) is 1.41. The topological polar surface area (TPSA) is 56.3 Å². The number of ether oxygens (including phenoxy) is 1. The van der Waals surface area contributed by atoms with Gasteiger partial charge in [-0.25, -0.2) is 4.79 Å². The maximum absolute atomic E-state index is 13.1. The van der Waals surface area contributed by atoms with Crippen molar-refractivity contribution < 1.29 is 14.3 Å². The zero-order chi connectivity index (χ0) is 17.9. The third-order valence-electron chi connectivity index (χ3n) is 5.37. The first kappa shape index (κ1) is 19.1. The molecule has 1 atom stereocenters. The van der Waals surface area contributed by atoms with Crippen LogP contribution < -0.4 is 0 Å². The highest BCUT2D eigenvalue weighted by Gasteiger charge is 2.57. The molecule has 0 N–H and O–H groups in total. The van der Waals surface area contributed by atoms with Crippen molar-refractivity contribution >= 4 is 11.9 Å². The summed E-state index contributed by atoms with van der Waals surface area (Å²) >= 11 is 0. The van der Waals surface area contributed by atoms with Crippen LogP contribution in [0.2, 0.25) is 0 Å². The van der Waals surface area contributed by atoms with Gasteiger partial charge in [0.15, 0.2) is 0 Å². The first-order valence-electron chi connectivity index (χ1n) is 8.88. The van der Waals surface area contributed by atoms with Crippen molar-refractivity contribution in [2.24, 2.45) is 0 Å². The Labute approximate surface area is 145 Å². The van der Waals surface area contributed by atoms with Crippen LogP contribution in [0, 0.1) is 0 Å². The van der Waals surface area contributed by atoms with Crippen molar-refractivity contribution in [3.05, 3.63) is 0 Å². The summed E-state index contributed by atoms with van der Waals surface area (Å²) in [7, 11) is 5.62. The standard InChI is InChI=1S/C17H32N4O3/c1-6-21-16(23)20(12-11-18(3)4)15(22)17(21)7-9-19(10-8-17)14(2)13-24-5/h14H,6-13H2,1-5H3. The monoisotopic (exact) mass is 340 g/mol. The third-order valence-corrected chi connectivity index (χ3v) is 5.37. The highest BCUT2D eigenvalue weighted by molar-refractivity contribution is 6.07. The Morgan fingerprint density at radius 3 is 2.38 bits per heavy atom. The maximum Gasteiger partial charge on any atom is 0.327 e. The molecule has 2 heterocycles. The van der Waals surface area contributed by atoms with Crippen LogP contribution in [0.3, 0.4) is 0 Å². The Morgan fingerprint density at radius 2 is 1.88 bits per heavy atom. The van der Waals surface area contributed by atoms with Crippen LogP contribution in [0.5, 0.6) is 0 Å². The average Bonchev–Trinajstić information content (AvgIpc) is 2.73. The SMILES string of the molecule is CCN1C(=O)N(CCN(C)C)C(=O)C12CCN(C(C)COC)CC2. The largest absolute Gasteiger partial charge is 0.383 e. The number of piperidine rings is 1. The molecule has 138 valence electrons. The molecule has 7 heteroatoms. The van der Waals surface area contributed by atoms with E-state index in [0.29, 0.717) is 45.1 Å². The van der Waals surface area contributed by atoms with Crippen molar-refractivity contribution in [1.82, 2.24) is 19.6 Å². The lowest BCUT2D eigenvalue weighted by atomic mass is 9.85. The van der Waals surface area contributed by atoms with Crippen LogP contribution in [0.1, 0.15) is 26.7 Å². The predicted octanol–water partition coefficient (Wildman–Crippen LogP) is 0.702. The molecule has 2 aliphatic rings. The molecule has 1 unspecified atom stereocenters. The van der Waals surface area contributed by atoms with Crippen molar-refractivity contribution in [3.63, 3.8) is 0 Å². The van der Waals surface area contributed by atoms with Gasteiger partial charge in [0.05, 0.1) is 6.61 Å². The lowest BCUT2D eigenvalue weighted by molar-refractivity contribution is -0.136. The minimum absolute atomic E-state index is 0.00440. The normalized spacial score (nSPS) is 22.9. The number of amides is 3. The van der Waals surface area contributed by atoms with Gasteiger partial charge >= 0.3 is 6.03 Å². The van der Waals surface area contributed by atoms with Crippen molar-refractivity contribution in [1.29, 1.82) is 0 Å². The van der Waals surface area contributed by atoms with Crippen LogP contribution >= 0.6 is 0 Å². The van der Waals surface area contributed by atoms with Gasteiger partial charge in [0.1, 0.15) is 5.54 Å². The second-order valence-corrected chi connectivity index (χ2v) is 7.16. The zero-order valence-corrected chi connectivity index (χ0v) is 15.7. The Balaban J connectivity index is 2.11. The van der Waals surface area contributed by atoms with Gasteiger partial charge < -0.3 is 14.5 Å². The van der Waals surface area contributed by atoms with E-state index in [1.807, 2.05) is 25.9 Å². The smallest absolute Gasteiger partial charge is 0.327 e. The van der Waals surface area contributed by atoms with Gasteiger partial charge in [-0.3, -0.25) is 14.6 Å². The number of urea groups is 1. The van der Waals surface area contributed by atoms with Gasteiger partial charge in [0.25, 0.3) is 5.91 Å². The second kappa shape index (κ2) is 7.80. The van der Waals surface area contributed by atoms with Crippen molar-refractivity contribution in [2.45, 2.75) is 38.3 Å². The number of methoxy groups -OCH3 is 1. The molecule has 2 aliphatic heterocycles. The van der Waals surface area contributed by atoms with Crippen LogP contribution in [-0.2, 0) is 9.53 Å². The number of carbonyl (C=O) groups is 2. The molecule has 24 heavy (non-hydrogen) atoms. The highest BCUT2D eigenvalue weighted by Crippen LogP contribution is 2.37. The number of imide groups is 1. The van der Waals surface area contributed by atoms with Gasteiger partial charge in [-0.05, 0) is 40.8 Å². The molecule has 0 aromatic heterocycles. The van der Waals surface area contributed by atoms with Gasteiger partial charge in [0, 0.05) is 45.9 Å². The fourth-order valence-corrected chi connectivity index (χ4v) is 3.88. The van der Waals surface area contributed by atoms with E-state index in [2.05, 4.69) is 11.8 Å². The van der Waals surface area contributed by atoms with E-state index in [-0.39, 0.29) is 11.9 Å². The van der Waals surface area contributed by atoms with E-state index in [1.165, 1.54) is 4.90 Å². The average molecular weight is 340 g/mol. The summed E-state index contributed by atoms with van der Waals surface area (Å²) in [4.78, 5) is 33.4. The number of rotatable bonds is 7. The van der Waals surface area contributed by atoms with Crippen LogP contribution in [0.25, 0.3) is 0 Å². The summed E-state index contributed by atoms with van der Waals surface area (Å²) < 4.78 is 5.24. The molecular weight excluding hydrogens is 308 g/mol. The van der Waals surface area contributed by atoms with Crippen LogP contribution in [0.4, 0.5) is 4.79 Å². The molecule has 0 saturated carbocycles. The molecule has 0 aromatic carbocycles. The van der Waals surface area contributed by atoms with E-state index in [4.69, 9.17) is 4.74 Å². The minimum Gasteiger partial charge on any atom is -0.383 e. The number of hydrogen-bond donors (Lipinski definition) is 0. The lowest BCUT2D eigenvalue weighted by Gasteiger charge is -2.43. The highest BCUT2D eigenvalue weighted by atomic mass is 16.5. The van der Waals surface area contributed by atoms with Crippen LogP contribution in [0.15, 0.2) is 0 Å². The molecule has 7 nitrogen and oxygen atoms in total. The summed E-state index contributed by atoms with van der Waals surface area (Å²) in [6, 6.07) is 0.210. The molecule has 2 fully saturated rings. The Kier molecular flexibility index (Phi) is 6.22. The van der Waals surface area contributed by atoms with Crippen molar-refractivity contribution in [2.75, 3.05) is 60.5 Å². The molecule has 3 amide bonds. The third kappa shape index (κ3) is 3.43. The molecule has 2 saturated heterocycles. The van der Waals surface area contributed by atoms with E-state index < -0.39 is 5.54 Å². The Morgan fingerprint density at radius 1 is 1.25 bits per heavy atom. The number of likely N-dealkylation sites (tertiary alicyclic amines) is 1. The molecular formula is C17H32N4O3. The fourth-order valence-electron chi connectivity index (χ4n) is 3.88. The van der Waals surface area contributed by atoms with E-state index >= 15 is 0 Å². The minimum atomic E-state index is -0.637. The first-order chi connectivity index (χ1) is 11.4. The second-order valence-electron chi connectivity index (χ2n) is 7.16. The van der Waals surface area contributed by atoms with Gasteiger partial charge in [-0.2, -0.15) is 0 Å². The fraction of sp³-hybridized carbons (Fsp3) is 0.882. The van der Waals surface area contributed by atoms with Gasteiger partial charge in [-0.1, -0.05) is 0 Å². The summed E-state index contributed by atoms with van der Waals surface area (Å²) in [5, 5.41) is 0. The number of nitrogens with zero attached hydrogens (tertiary/aromatic N) is 4. The number of likely N-dealkylation sites (N-methyl/N-ethyl adjacent to an activating group) is 2. The van der Waals surface area contributed by atoms with E-state index in [9.17, 15) is 9.59 Å². The van der Waals surface area contributed by atoms with Gasteiger partial charge in [0.2, 0.25) is 0 Å². The summed E-state index contributed by atoms with van der Waals surface area (Å²) in [5.74, 6) is -0.00440. The molecule has 2 rings (SSSR count). The number of hydrogen-bond acceptors (Lipinski definition) is 5. The molecule has 0 radical (unpaired) electrons. The Hall–Kier alpha value is -1.18. The summed E-state index contributed by atoms with van der Waals surface area (Å²) in [6.45, 7) is 8.17. The van der Waals surface area contributed by atoms with Crippen molar-refractivity contribution in [3.8, 4) is 0 Å². The first-order valence-corrected chi connectivity index (χ1v) is 8.88. The zero-order valence-electron chi connectivity index (χ0n) is 15.7. The van der Waals surface area contributed by atoms with Gasteiger partial charge in [-0.15, -0.1) is 0 Å². The summed E-state index contributed by atoms with van der Waals surface area (Å²) in [5.41, 5.74) is -0.637. The lowest BCUT2D eigenvalue weighted by Crippen LogP contribution is -2.58. The maximum atomic E-state index is 13.1.